The molecule has 0 spiro atoms. The predicted molar refractivity (Wildman–Crippen MR) is 46.5 cm³/mol. The van der Waals surface area contributed by atoms with E-state index in [4.69, 9.17) is 0 Å². The third-order valence-electron chi connectivity index (χ3n) is 2.93. The lowest BCUT2D eigenvalue weighted by Gasteiger charge is -2.36. The molecule has 0 aliphatic carbocycles. The van der Waals surface area contributed by atoms with Gasteiger partial charge in [-0.25, -0.2) is 0 Å². The van der Waals surface area contributed by atoms with E-state index in [2.05, 4.69) is 18.9 Å². The van der Waals surface area contributed by atoms with Crippen LogP contribution in [0.1, 0.15) is 26.7 Å². The van der Waals surface area contributed by atoms with Crippen molar-refractivity contribution in [3.63, 3.8) is 0 Å². The summed E-state index contributed by atoms with van der Waals surface area (Å²) in [4.78, 5) is 2.36. The van der Waals surface area contributed by atoms with Crippen LogP contribution >= 0.6 is 0 Å². The van der Waals surface area contributed by atoms with E-state index in [1.54, 1.807) is 0 Å². The fraction of sp³-hybridized carbons (Fsp3) is 1.00. The lowest BCUT2D eigenvalue weighted by molar-refractivity contribution is 0.0565. The van der Waals surface area contributed by atoms with Crippen LogP contribution in [0.15, 0.2) is 0 Å². The molecule has 0 aromatic carbocycles. The van der Waals surface area contributed by atoms with E-state index in [-0.39, 0.29) is 6.10 Å². The third kappa shape index (κ3) is 2.17. The van der Waals surface area contributed by atoms with Gasteiger partial charge in [-0.1, -0.05) is 0 Å². The zero-order valence-corrected chi connectivity index (χ0v) is 7.75. The third-order valence-corrected chi connectivity index (χ3v) is 2.93. The van der Waals surface area contributed by atoms with Crippen molar-refractivity contribution in [3.8, 4) is 0 Å². The van der Waals surface area contributed by atoms with Crippen molar-refractivity contribution in [1.29, 1.82) is 0 Å². The van der Waals surface area contributed by atoms with Crippen LogP contribution in [0.4, 0.5) is 0 Å². The van der Waals surface area contributed by atoms with Gasteiger partial charge < -0.3 is 10.0 Å². The van der Waals surface area contributed by atoms with Crippen molar-refractivity contribution in [2.24, 2.45) is 5.92 Å². The SMILES string of the molecule is CC(O)C1CCN(C)C(C)C1. The maximum absolute atomic E-state index is 9.36. The van der Waals surface area contributed by atoms with Gasteiger partial charge in [0.2, 0.25) is 0 Å². The van der Waals surface area contributed by atoms with Gasteiger partial charge in [0, 0.05) is 6.04 Å². The Labute approximate surface area is 69.2 Å². The Morgan fingerprint density at radius 3 is 2.64 bits per heavy atom. The van der Waals surface area contributed by atoms with Crippen LogP contribution in [0.3, 0.4) is 0 Å². The Morgan fingerprint density at radius 1 is 1.55 bits per heavy atom. The molecule has 1 rings (SSSR count). The molecule has 0 radical (unpaired) electrons. The van der Waals surface area contributed by atoms with Crippen molar-refractivity contribution in [2.45, 2.75) is 38.8 Å². The fourth-order valence-corrected chi connectivity index (χ4v) is 1.76. The molecule has 1 saturated heterocycles. The molecule has 2 nitrogen and oxygen atoms in total. The molecule has 1 aliphatic heterocycles. The van der Waals surface area contributed by atoms with Crippen LogP contribution in [-0.2, 0) is 0 Å². The first-order chi connectivity index (χ1) is 5.11. The first-order valence-electron chi connectivity index (χ1n) is 4.49. The summed E-state index contributed by atoms with van der Waals surface area (Å²) in [5.41, 5.74) is 0. The molecule has 1 aliphatic rings. The summed E-state index contributed by atoms with van der Waals surface area (Å²) >= 11 is 0. The van der Waals surface area contributed by atoms with Crippen molar-refractivity contribution in [2.75, 3.05) is 13.6 Å². The normalized spacial score (nSPS) is 37.1. The molecule has 0 saturated carbocycles. The molecule has 0 bridgehead atoms. The number of nitrogens with zero attached hydrogens (tertiary/aromatic N) is 1. The monoisotopic (exact) mass is 157 g/mol. The van der Waals surface area contributed by atoms with E-state index >= 15 is 0 Å². The first-order valence-corrected chi connectivity index (χ1v) is 4.49. The smallest absolute Gasteiger partial charge is 0.0541 e. The summed E-state index contributed by atoms with van der Waals surface area (Å²) in [6.45, 7) is 5.27. The van der Waals surface area contributed by atoms with Crippen LogP contribution in [-0.4, -0.2) is 35.7 Å². The zero-order valence-electron chi connectivity index (χ0n) is 7.75. The molecule has 0 aromatic heterocycles. The molecule has 3 atom stereocenters. The standard InChI is InChI=1S/C9H19NO/c1-7-6-9(8(2)11)4-5-10(7)3/h7-9,11H,4-6H2,1-3H3. The maximum atomic E-state index is 9.36. The van der Waals surface area contributed by atoms with Crippen molar-refractivity contribution >= 4 is 0 Å². The number of piperidine rings is 1. The summed E-state index contributed by atoms with van der Waals surface area (Å²) in [5.74, 6) is 0.529. The second-order valence-electron chi connectivity index (χ2n) is 3.85. The van der Waals surface area contributed by atoms with Crippen LogP contribution in [0.2, 0.25) is 0 Å². The average Bonchev–Trinajstić information content (AvgIpc) is 1.94. The second kappa shape index (κ2) is 3.55. The zero-order chi connectivity index (χ0) is 8.43. The highest BCUT2D eigenvalue weighted by atomic mass is 16.3. The minimum atomic E-state index is -0.119. The number of hydrogen-bond donors (Lipinski definition) is 1. The predicted octanol–water partition coefficient (Wildman–Crippen LogP) is 1.10. The highest BCUT2D eigenvalue weighted by Crippen LogP contribution is 2.23. The summed E-state index contributed by atoms with van der Waals surface area (Å²) in [6.07, 6.45) is 2.18. The lowest BCUT2D eigenvalue weighted by Crippen LogP contribution is -2.40. The van der Waals surface area contributed by atoms with Crippen molar-refractivity contribution < 1.29 is 5.11 Å². The molecule has 0 aromatic rings. The molecule has 66 valence electrons. The van der Waals surface area contributed by atoms with Crippen LogP contribution in [0.25, 0.3) is 0 Å². The van der Waals surface area contributed by atoms with Crippen LogP contribution in [0.5, 0.6) is 0 Å². The Bertz CT molecular complexity index is 125. The Balaban J connectivity index is 2.40. The molecular weight excluding hydrogens is 138 g/mol. The highest BCUT2D eigenvalue weighted by molar-refractivity contribution is 4.79. The largest absolute Gasteiger partial charge is 0.393 e. The summed E-state index contributed by atoms with van der Waals surface area (Å²) in [6, 6.07) is 0.642. The van der Waals surface area contributed by atoms with E-state index in [1.807, 2.05) is 6.92 Å². The number of aliphatic hydroxyl groups excluding tert-OH is 1. The van der Waals surface area contributed by atoms with Gasteiger partial charge >= 0.3 is 0 Å². The van der Waals surface area contributed by atoms with Gasteiger partial charge in [0.1, 0.15) is 0 Å². The van der Waals surface area contributed by atoms with Crippen molar-refractivity contribution in [1.82, 2.24) is 4.90 Å². The Morgan fingerprint density at radius 2 is 2.18 bits per heavy atom. The van der Waals surface area contributed by atoms with Gasteiger partial charge in [0.05, 0.1) is 6.10 Å². The Hall–Kier alpha value is -0.0800. The average molecular weight is 157 g/mol. The highest BCUT2D eigenvalue weighted by Gasteiger charge is 2.25. The number of likely N-dealkylation sites (tertiary alicyclic amines) is 1. The van der Waals surface area contributed by atoms with Gasteiger partial charge in [-0.05, 0) is 46.2 Å². The second-order valence-corrected chi connectivity index (χ2v) is 3.85. The van der Waals surface area contributed by atoms with Crippen LogP contribution < -0.4 is 0 Å². The molecule has 1 heterocycles. The topological polar surface area (TPSA) is 23.5 Å². The van der Waals surface area contributed by atoms with Gasteiger partial charge in [-0.2, -0.15) is 0 Å². The fourth-order valence-electron chi connectivity index (χ4n) is 1.76. The minimum absolute atomic E-state index is 0.119. The first kappa shape index (κ1) is 9.01. The molecule has 11 heavy (non-hydrogen) atoms. The molecule has 1 fully saturated rings. The number of aliphatic hydroxyl groups is 1. The van der Waals surface area contributed by atoms with Crippen LogP contribution in [0, 0.1) is 5.92 Å². The van der Waals surface area contributed by atoms with Gasteiger partial charge in [0.25, 0.3) is 0 Å². The minimum Gasteiger partial charge on any atom is -0.393 e. The van der Waals surface area contributed by atoms with E-state index in [1.165, 1.54) is 0 Å². The van der Waals surface area contributed by atoms with E-state index in [9.17, 15) is 5.11 Å². The lowest BCUT2D eigenvalue weighted by atomic mass is 9.88. The number of rotatable bonds is 1. The molecule has 1 N–H and O–H groups in total. The molecular formula is C9H19NO. The van der Waals surface area contributed by atoms with Crippen molar-refractivity contribution in [3.05, 3.63) is 0 Å². The number of hydrogen-bond acceptors (Lipinski definition) is 2. The van der Waals surface area contributed by atoms with E-state index in [0.29, 0.717) is 12.0 Å². The maximum Gasteiger partial charge on any atom is 0.0541 e. The quantitative estimate of drug-likeness (QED) is 0.616. The van der Waals surface area contributed by atoms with Gasteiger partial charge in [-0.3, -0.25) is 0 Å². The van der Waals surface area contributed by atoms with E-state index in [0.717, 1.165) is 19.4 Å². The Kier molecular flexibility index (Phi) is 2.90. The van der Waals surface area contributed by atoms with Gasteiger partial charge in [0.15, 0.2) is 0 Å². The summed E-state index contributed by atoms with van der Waals surface area (Å²) < 4.78 is 0. The molecule has 3 unspecified atom stereocenters. The molecule has 2 heteroatoms. The molecule has 0 amide bonds. The summed E-state index contributed by atoms with van der Waals surface area (Å²) in [5, 5.41) is 9.36. The summed E-state index contributed by atoms with van der Waals surface area (Å²) in [7, 11) is 2.16. The van der Waals surface area contributed by atoms with E-state index < -0.39 is 0 Å². The van der Waals surface area contributed by atoms with Gasteiger partial charge in [-0.15, -0.1) is 0 Å².